The molecule has 0 saturated carbocycles. The molecule has 1 aromatic rings. The Hall–Kier alpha value is -2.00. The van der Waals surface area contributed by atoms with Crippen molar-refractivity contribution in [1.29, 1.82) is 0 Å². The molecule has 0 aliphatic rings. The summed E-state index contributed by atoms with van der Waals surface area (Å²) in [5.74, 6) is -0.305. The van der Waals surface area contributed by atoms with E-state index < -0.39 is 0 Å². The normalized spacial score (nSPS) is 9.31. The quantitative estimate of drug-likeness (QED) is 0.460. The monoisotopic (exact) mass is 218 g/mol. The maximum atomic E-state index is 11.2. The van der Waals surface area contributed by atoms with Crippen molar-refractivity contribution in [3.05, 3.63) is 40.3 Å². The van der Waals surface area contributed by atoms with E-state index in [-0.39, 0.29) is 12.5 Å². The van der Waals surface area contributed by atoms with E-state index in [4.69, 9.17) is 5.53 Å². The van der Waals surface area contributed by atoms with Crippen molar-refractivity contribution in [3.63, 3.8) is 0 Å². The molecular formula is C11H14N4O. The van der Waals surface area contributed by atoms with E-state index in [2.05, 4.69) is 22.3 Å². The maximum Gasteiger partial charge on any atom is 0.230 e. The van der Waals surface area contributed by atoms with E-state index in [1.165, 1.54) is 5.56 Å². The molecule has 0 atom stereocenters. The largest absolute Gasteiger partial charge is 0.326 e. The predicted octanol–water partition coefficient (Wildman–Crippen LogP) is 2.89. The van der Waals surface area contributed by atoms with Gasteiger partial charge in [0.2, 0.25) is 5.91 Å². The molecule has 0 unspecified atom stereocenters. The Balaban J connectivity index is 2.54. The van der Waals surface area contributed by atoms with Gasteiger partial charge in [-0.25, -0.2) is 0 Å². The number of hydrogen-bond donors (Lipinski definition) is 1. The van der Waals surface area contributed by atoms with Crippen LogP contribution in [0.1, 0.15) is 18.9 Å². The molecule has 0 radical (unpaired) electrons. The highest BCUT2D eigenvalue weighted by Gasteiger charge is 2.00. The van der Waals surface area contributed by atoms with Gasteiger partial charge in [-0.1, -0.05) is 30.6 Å². The summed E-state index contributed by atoms with van der Waals surface area (Å²) in [5.41, 5.74) is 10.0. The third kappa shape index (κ3) is 4.02. The molecular weight excluding hydrogens is 204 g/mol. The number of aryl methyl sites for hydroxylation is 1. The van der Waals surface area contributed by atoms with Crippen molar-refractivity contribution in [2.75, 3.05) is 11.9 Å². The molecule has 1 rings (SSSR count). The van der Waals surface area contributed by atoms with Crippen molar-refractivity contribution in [3.8, 4) is 0 Å². The number of carbonyl (C=O) groups excluding carboxylic acids is 1. The number of benzene rings is 1. The molecule has 5 heteroatoms. The maximum absolute atomic E-state index is 11.2. The first-order valence-electron chi connectivity index (χ1n) is 5.16. The van der Waals surface area contributed by atoms with Crippen LogP contribution in [0.2, 0.25) is 0 Å². The van der Waals surface area contributed by atoms with Gasteiger partial charge < -0.3 is 5.32 Å². The number of amides is 1. The fourth-order valence-corrected chi connectivity index (χ4v) is 1.34. The lowest BCUT2D eigenvalue weighted by atomic mass is 10.1. The Labute approximate surface area is 94.1 Å². The lowest BCUT2D eigenvalue weighted by molar-refractivity contribution is -0.114. The minimum atomic E-state index is -0.305. The molecule has 0 aliphatic carbocycles. The molecule has 0 fully saturated rings. The summed E-state index contributed by atoms with van der Waals surface area (Å²) in [6.45, 7) is 1.95. The molecule has 0 aliphatic heterocycles. The molecule has 0 bridgehead atoms. The summed E-state index contributed by atoms with van der Waals surface area (Å²) in [6, 6.07) is 7.65. The molecule has 0 heterocycles. The number of azide groups is 1. The first-order valence-corrected chi connectivity index (χ1v) is 5.16. The Bertz CT molecular complexity index is 393. The number of hydrogen-bond acceptors (Lipinski definition) is 2. The molecule has 0 saturated heterocycles. The fraction of sp³-hybridized carbons (Fsp3) is 0.364. The number of nitrogens with one attached hydrogen (secondary N) is 1. The van der Waals surface area contributed by atoms with Crippen molar-refractivity contribution in [2.45, 2.75) is 19.8 Å². The SMILES string of the molecule is CCCc1ccc(NC(=O)CN=[N+]=[N-])cc1. The predicted molar refractivity (Wildman–Crippen MR) is 63.1 cm³/mol. The van der Waals surface area contributed by atoms with Crippen LogP contribution in [0.15, 0.2) is 29.4 Å². The van der Waals surface area contributed by atoms with Crippen LogP contribution in [0.5, 0.6) is 0 Å². The number of rotatable bonds is 5. The summed E-state index contributed by atoms with van der Waals surface area (Å²) < 4.78 is 0. The van der Waals surface area contributed by atoms with Gasteiger partial charge in [0.1, 0.15) is 6.54 Å². The smallest absolute Gasteiger partial charge is 0.230 e. The molecule has 1 amide bonds. The molecule has 1 aromatic carbocycles. The lowest BCUT2D eigenvalue weighted by Gasteiger charge is -2.04. The van der Waals surface area contributed by atoms with E-state index in [9.17, 15) is 4.79 Å². The van der Waals surface area contributed by atoms with E-state index >= 15 is 0 Å². The van der Waals surface area contributed by atoms with Gasteiger partial charge in [-0.3, -0.25) is 4.79 Å². The van der Waals surface area contributed by atoms with Gasteiger partial charge in [0.05, 0.1) is 0 Å². The average molecular weight is 218 g/mol. The Morgan fingerprint density at radius 3 is 2.69 bits per heavy atom. The van der Waals surface area contributed by atoms with Crippen LogP contribution >= 0.6 is 0 Å². The lowest BCUT2D eigenvalue weighted by Crippen LogP contribution is -2.14. The topological polar surface area (TPSA) is 77.9 Å². The summed E-state index contributed by atoms with van der Waals surface area (Å²) in [4.78, 5) is 13.7. The Kier molecular flexibility index (Phi) is 4.89. The second kappa shape index (κ2) is 6.48. The number of anilines is 1. The van der Waals surface area contributed by atoms with Crippen LogP contribution in [0.4, 0.5) is 5.69 Å². The molecule has 1 N–H and O–H groups in total. The van der Waals surface area contributed by atoms with Gasteiger partial charge in [0.15, 0.2) is 0 Å². The minimum absolute atomic E-state index is 0.173. The Morgan fingerprint density at radius 1 is 1.44 bits per heavy atom. The summed E-state index contributed by atoms with van der Waals surface area (Å²) in [7, 11) is 0. The standard InChI is InChI=1S/C11H14N4O/c1-2-3-9-4-6-10(7-5-9)14-11(16)8-13-15-12/h4-7H,2-3,8H2,1H3,(H,14,16). The zero-order valence-corrected chi connectivity index (χ0v) is 9.18. The zero-order chi connectivity index (χ0) is 11.8. The van der Waals surface area contributed by atoms with Crippen LogP contribution in [0.3, 0.4) is 0 Å². The van der Waals surface area contributed by atoms with Gasteiger partial charge in [0, 0.05) is 10.6 Å². The molecule has 84 valence electrons. The van der Waals surface area contributed by atoms with Crippen LogP contribution in [0, 0.1) is 0 Å². The third-order valence-corrected chi connectivity index (χ3v) is 2.05. The highest BCUT2D eigenvalue weighted by Crippen LogP contribution is 2.10. The van der Waals surface area contributed by atoms with Crippen LogP contribution in [0.25, 0.3) is 10.4 Å². The summed E-state index contributed by atoms with van der Waals surface area (Å²) in [5, 5.41) is 5.83. The van der Waals surface area contributed by atoms with E-state index in [1.807, 2.05) is 24.3 Å². The van der Waals surface area contributed by atoms with Gasteiger partial charge in [-0.2, -0.15) is 0 Å². The third-order valence-electron chi connectivity index (χ3n) is 2.05. The van der Waals surface area contributed by atoms with Crippen LogP contribution < -0.4 is 5.32 Å². The average Bonchev–Trinajstić information content (AvgIpc) is 2.29. The van der Waals surface area contributed by atoms with Gasteiger partial charge >= 0.3 is 0 Å². The van der Waals surface area contributed by atoms with Crippen molar-refractivity contribution >= 4 is 11.6 Å². The molecule has 5 nitrogen and oxygen atoms in total. The summed E-state index contributed by atoms with van der Waals surface area (Å²) in [6.07, 6.45) is 2.13. The molecule has 0 spiro atoms. The second-order valence-electron chi connectivity index (χ2n) is 3.38. The summed E-state index contributed by atoms with van der Waals surface area (Å²) >= 11 is 0. The minimum Gasteiger partial charge on any atom is -0.326 e. The first kappa shape index (κ1) is 12.1. The highest BCUT2D eigenvalue weighted by molar-refractivity contribution is 5.92. The van der Waals surface area contributed by atoms with Gasteiger partial charge in [-0.15, -0.1) is 0 Å². The van der Waals surface area contributed by atoms with Crippen LogP contribution in [-0.4, -0.2) is 12.5 Å². The second-order valence-corrected chi connectivity index (χ2v) is 3.38. The van der Waals surface area contributed by atoms with E-state index in [1.54, 1.807) is 0 Å². The van der Waals surface area contributed by atoms with Crippen molar-refractivity contribution in [2.24, 2.45) is 5.11 Å². The molecule has 0 aromatic heterocycles. The van der Waals surface area contributed by atoms with Gasteiger partial charge in [-0.05, 0) is 29.6 Å². The fourth-order valence-electron chi connectivity index (χ4n) is 1.34. The van der Waals surface area contributed by atoms with Crippen molar-refractivity contribution < 1.29 is 4.79 Å². The first-order chi connectivity index (χ1) is 7.76. The molecule has 16 heavy (non-hydrogen) atoms. The van der Waals surface area contributed by atoms with Crippen LogP contribution in [-0.2, 0) is 11.2 Å². The van der Waals surface area contributed by atoms with Gasteiger partial charge in [0.25, 0.3) is 0 Å². The van der Waals surface area contributed by atoms with E-state index in [0.717, 1.165) is 18.5 Å². The zero-order valence-electron chi connectivity index (χ0n) is 9.18. The van der Waals surface area contributed by atoms with Crippen molar-refractivity contribution in [1.82, 2.24) is 0 Å². The highest BCUT2D eigenvalue weighted by atomic mass is 16.1. The number of nitrogens with zero attached hydrogens (tertiary/aromatic N) is 3. The Morgan fingerprint density at radius 2 is 2.12 bits per heavy atom. The van der Waals surface area contributed by atoms with E-state index in [0.29, 0.717) is 0 Å². The number of carbonyl (C=O) groups is 1.